The highest BCUT2D eigenvalue weighted by Gasteiger charge is 2.25. The van der Waals surface area contributed by atoms with Crippen LogP contribution in [0.1, 0.15) is 41.9 Å². The molecule has 3 aromatic heterocycles. The second kappa shape index (κ2) is 7.55. The summed E-state index contributed by atoms with van der Waals surface area (Å²) in [6, 6.07) is 1.85. The second-order valence-corrected chi connectivity index (χ2v) is 6.96. The summed E-state index contributed by atoms with van der Waals surface area (Å²) in [5, 5.41) is 4.40. The highest BCUT2D eigenvalue weighted by molar-refractivity contribution is 5.91. The third-order valence-corrected chi connectivity index (χ3v) is 4.78. The van der Waals surface area contributed by atoms with E-state index in [1.165, 1.54) is 27.9 Å². The van der Waals surface area contributed by atoms with Crippen LogP contribution in [0.4, 0.5) is 0 Å². The molecule has 0 aliphatic rings. The zero-order valence-electron chi connectivity index (χ0n) is 16.6. The van der Waals surface area contributed by atoms with Crippen LogP contribution in [0.25, 0.3) is 17.1 Å². The minimum atomic E-state index is -0.561. The lowest BCUT2D eigenvalue weighted by molar-refractivity contribution is 0.0903. The zero-order valence-corrected chi connectivity index (χ0v) is 16.6. The molecule has 0 aliphatic heterocycles. The first-order chi connectivity index (χ1) is 13.3. The fourth-order valence-corrected chi connectivity index (χ4v) is 3.30. The molecular weight excluding hydrogens is 362 g/mol. The molecule has 3 rings (SSSR count). The van der Waals surface area contributed by atoms with Crippen molar-refractivity contribution in [2.45, 2.75) is 39.5 Å². The highest BCUT2D eigenvalue weighted by atomic mass is 16.2. The number of rotatable bonds is 6. The van der Waals surface area contributed by atoms with E-state index in [0.29, 0.717) is 13.0 Å². The number of imidazole rings is 1. The van der Waals surface area contributed by atoms with Gasteiger partial charge in [0.05, 0.1) is 5.69 Å². The van der Waals surface area contributed by atoms with Gasteiger partial charge < -0.3 is 5.73 Å². The van der Waals surface area contributed by atoms with Crippen molar-refractivity contribution >= 4 is 17.1 Å². The van der Waals surface area contributed by atoms with Gasteiger partial charge >= 0.3 is 5.69 Å². The van der Waals surface area contributed by atoms with Crippen LogP contribution in [-0.2, 0) is 14.1 Å². The largest absolute Gasteiger partial charge is 0.332 e. The second-order valence-electron chi connectivity index (χ2n) is 6.96. The lowest BCUT2D eigenvalue weighted by atomic mass is 10.2. The molecule has 0 amide bonds. The number of carbonyl (C=O) groups excluding carboxylic acids is 1. The fourth-order valence-electron chi connectivity index (χ4n) is 3.30. The lowest BCUT2D eigenvalue weighted by Crippen LogP contribution is -2.38. The van der Waals surface area contributed by atoms with Gasteiger partial charge in [0.25, 0.3) is 5.56 Å². The van der Waals surface area contributed by atoms with Gasteiger partial charge in [-0.1, -0.05) is 6.42 Å². The number of aryl methyl sites for hydroxylation is 3. The molecule has 0 bridgehead atoms. The van der Waals surface area contributed by atoms with Crippen molar-refractivity contribution in [2.24, 2.45) is 19.8 Å². The summed E-state index contributed by atoms with van der Waals surface area (Å²) in [6.07, 6.45) is 2.54. The summed E-state index contributed by atoms with van der Waals surface area (Å²) in [5.74, 6) is -0.0550. The van der Waals surface area contributed by atoms with Crippen molar-refractivity contribution in [3.63, 3.8) is 0 Å². The minimum Gasteiger partial charge on any atom is -0.330 e. The molecule has 0 saturated carbocycles. The molecule has 0 aromatic carbocycles. The average Bonchev–Trinajstić information content (AvgIpc) is 3.21. The van der Waals surface area contributed by atoms with Crippen molar-refractivity contribution in [3.05, 3.63) is 38.3 Å². The molecule has 0 atom stereocenters. The molecule has 0 saturated heterocycles. The number of hydrogen-bond donors (Lipinski definition) is 1. The topological polar surface area (TPSA) is 123 Å². The molecule has 0 fully saturated rings. The number of fused-ring (bicyclic) bond motifs is 1. The predicted octanol–water partition coefficient (Wildman–Crippen LogP) is 0.396. The molecule has 28 heavy (non-hydrogen) atoms. The third kappa shape index (κ3) is 3.19. The Morgan fingerprint density at radius 2 is 1.82 bits per heavy atom. The molecule has 3 heterocycles. The van der Waals surface area contributed by atoms with E-state index in [2.05, 4.69) is 10.1 Å². The molecule has 150 valence electrons. The Labute approximate surface area is 161 Å². The summed E-state index contributed by atoms with van der Waals surface area (Å²) in [6.45, 7) is 4.24. The maximum absolute atomic E-state index is 13.1. The summed E-state index contributed by atoms with van der Waals surface area (Å²) < 4.78 is 5.06. The fraction of sp³-hybridized carbons (Fsp3) is 0.500. The van der Waals surface area contributed by atoms with Crippen molar-refractivity contribution in [3.8, 4) is 5.95 Å². The van der Waals surface area contributed by atoms with Gasteiger partial charge in [-0.3, -0.25) is 18.7 Å². The van der Waals surface area contributed by atoms with Crippen LogP contribution in [0.5, 0.6) is 0 Å². The first-order valence-corrected chi connectivity index (χ1v) is 9.23. The molecule has 0 unspecified atom stereocenters. The van der Waals surface area contributed by atoms with Crippen molar-refractivity contribution < 1.29 is 4.79 Å². The molecule has 3 aromatic rings. The van der Waals surface area contributed by atoms with E-state index < -0.39 is 11.2 Å². The van der Waals surface area contributed by atoms with Crippen LogP contribution in [0.3, 0.4) is 0 Å². The molecule has 2 N–H and O–H groups in total. The standard InChI is InChI=1S/C18H25N7O3/c1-11-10-12(2)25(21-11)17-20-15-14(16(27)23(4)18(28)22(15)3)24(17)13(26)8-6-5-7-9-19/h10H,5-9,19H2,1-4H3. The van der Waals surface area contributed by atoms with Gasteiger partial charge in [0.15, 0.2) is 11.2 Å². The number of nitrogens with two attached hydrogens (primary N) is 1. The summed E-state index contributed by atoms with van der Waals surface area (Å²) in [5.41, 5.74) is 6.21. The Bertz CT molecular complexity index is 1160. The first-order valence-electron chi connectivity index (χ1n) is 9.23. The van der Waals surface area contributed by atoms with Gasteiger partial charge in [-0.15, -0.1) is 0 Å². The van der Waals surface area contributed by atoms with E-state index in [1.54, 1.807) is 0 Å². The van der Waals surface area contributed by atoms with Crippen molar-refractivity contribution in [1.82, 2.24) is 28.5 Å². The van der Waals surface area contributed by atoms with Gasteiger partial charge in [-0.25, -0.2) is 14.0 Å². The molecule has 10 heteroatoms. The monoisotopic (exact) mass is 387 g/mol. The van der Waals surface area contributed by atoms with Crippen molar-refractivity contribution in [1.29, 1.82) is 0 Å². The third-order valence-electron chi connectivity index (χ3n) is 4.78. The van der Waals surface area contributed by atoms with Crippen LogP contribution in [0.2, 0.25) is 0 Å². The number of hydrogen-bond acceptors (Lipinski definition) is 6. The Morgan fingerprint density at radius 1 is 1.11 bits per heavy atom. The van der Waals surface area contributed by atoms with E-state index in [1.807, 2.05) is 19.9 Å². The Hall–Kier alpha value is -3.01. The molecular formula is C18H25N7O3. The van der Waals surface area contributed by atoms with Crippen LogP contribution in [0, 0.1) is 13.8 Å². The summed E-state index contributed by atoms with van der Waals surface area (Å²) >= 11 is 0. The van der Waals surface area contributed by atoms with Gasteiger partial charge in [-0.05, 0) is 39.3 Å². The van der Waals surface area contributed by atoms with Gasteiger partial charge in [0.2, 0.25) is 11.9 Å². The number of unbranched alkanes of at least 4 members (excludes halogenated alkanes) is 2. The zero-order chi connectivity index (χ0) is 20.6. The summed E-state index contributed by atoms with van der Waals surface area (Å²) in [4.78, 5) is 42.7. The van der Waals surface area contributed by atoms with Crippen LogP contribution in [-0.4, -0.2) is 40.9 Å². The smallest absolute Gasteiger partial charge is 0.330 e. The van der Waals surface area contributed by atoms with Crippen molar-refractivity contribution in [2.75, 3.05) is 6.54 Å². The molecule has 0 aliphatic carbocycles. The maximum Gasteiger partial charge on any atom is 0.332 e. The maximum atomic E-state index is 13.1. The van der Waals surface area contributed by atoms with E-state index in [-0.39, 0.29) is 29.4 Å². The molecule has 0 radical (unpaired) electrons. The molecule has 10 nitrogen and oxygen atoms in total. The Morgan fingerprint density at radius 3 is 2.43 bits per heavy atom. The van der Waals surface area contributed by atoms with Gasteiger partial charge in [0, 0.05) is 26.2 Å². The van der Waals surface area contributed by atoms with Crippen LogP contribution >= 0.6 is 0 Å². The lowest BCUT2D eigenvalue weighted by Gasteiger charge is -2.09. The molecule has 0 spiro atoms. The summed E-state index contributed by atoms with van der Waals surface area (Å²) in [7, 11) is 2.91. The number of carbonyl (C=O) groups is 1. The van der Waals surface area contributed by atoms with Gasteiger partial charge in [-0.2, -0.15) is 10.1 Å². The minimum absolute atomic E-state index is 0.0796. The Kier molecular flexibility index (Phi) is 5.32. The normalized spacial score (nSPS) is 11.5. The highest BCUT2D eigenvalue weighted by Crippen LogP contribution is 2.18. The van der Waals surface area contributed by atoms with Crippen LogP contribution < -0.4 is 17.0 Å². The first kappa shape index (κ1) is 19.7. The van der Waals surface area contributed by atoms with Crippen LogP contribution in [0.15, 0.2) is 15.7 Å². The predicted molar refractivity (Wildman–Crippen MR) is 105 cm³/mol. The quantitative estimate of drug-likeness (QED) is 0.611. The van der Waals surface area contributed by atoms with E-state index in [9.17, 15) is 14.4 Å². The number of aromatic nitrogens is 6. The van der Waals surface area contributed by atoms with E-state index in [0.717, 1.165) is 28.8 Å². The SMILES string of the molecule is Cc1cc(C)n(-c2nc3c(c(=O)n(C)c(=O)n3C)n2C(=O)CCCCCN)n1. The number of nitrogens with zero attached hydrogens (tertiary/aromatic N) is 6. The van der Waals surface area contributed by atoms with E-state index in [4.69, 9.17) is 5.73 Å². The van der Waals surface area contributed by atoms with Gasteiger partial charge in [0.1, 0.15) is 0 Å². The average molecular weight is 387 g/mol. The van der Waals surface area contributed by atoms with E-state index >= 15 is 0 Å². The Balaban J connectivity index is 2.27.